The van der Waals surface area contributed by atoms with Gasteiger partial charge in [-0.3, -0.25) is 9.59 Å². The highest BCUT2D eigenvalue weighted by Gasteiger charge is 2.26. The number of carboxylic acids is 2. The first-order valence-corrected chi connectivity index (χ1v) is 5.53. The Morgan fingerprint density at radius 1 is 1.35 bits per heavy atom. The molecule has 0 aliphatic rings. The molecule has 5 nitrogen and oxygen atoms in total. The number of aliphatic carboxylic acids is 2. The van der Waals surface area contributed by atoms with Gasteiger partial charge in [-0.15, -0.1) is 0 Å². The van der Waals surface area contributed by atoms with Crippen molar-refractivity contribution in [1.29, 1.82) is 0 Å². The average molecular weight is 303 g/mol. The molecule has 0 fully saturated rings. The van der Waals surface area contributed by atoms with Crippen molar-refractivity contribution in [3.8, 4) is 5.75 Å². The molecule has 0 spiro atoms. The molecule has 0 aliphatic heterocycles. The number of methoxy groups -OCH3 is 1. The third kappa shape index (κ3) is 3.45. The number of benzene rings is 1. The van der Waals surface area contributed by atoms with Gasteiger partial charge in [-0.2, -0.15) is 0 Å². The Bertz CT molecular complexity index is 429. The van der Waals surface area contributed by atoms with Gasteiger partial charge in [-0.1, -0.05) is 6.07 Å². The van der Waals surface area contributed by atoms with Crippen LogP contribution in [0.3, 0.4) is 0 Å². The Labute approximate surface area is 106 Å². The van der Waals surface area contributed by atoms with Gasteiger partial charge < -0.3 is 14.9 Å². The van der Waals surface area contributed by atoms with Crippen molar-refractivity contribution in [2.24, 2.45) is 5.92 Å². The Morgan fingerprint density at radius 2 is 1.94 bits per heavy atom. The number of halogens is 1. The van der Waals surface area contributed by atoms with Crippen LogP contribution in [0.15, 0.2) is 22.7 Å². The molecule has 0 saturated heterocycles. The summed E-state index contributed by atoms with van der Waals surface area (Å²) in [6.07, 6.45) is -0.0622. The third-order valence-corrected chi connectivity index (χ3v) is 2.87. The van der Waals surface area contributed by atoms with E-state index < -0.39 is 17.9 Å². The largest absolute Gasteiger partial charge is 0.496 e. The van der Waals surface area contributed by atoms with E-state index in [4.69, 9.17) is 14.9 Å². The minimum atomic E-state index is -1.43. The lowest BCUT2D eigenvalue weighted by Crippen LogP contribution is -2.25. The van der Waals surface area contributed by atoms with Crippen molar-refractivity contribution < 1.29 is 24.5 Å². The first-order valence-electron chi connectivity index (χ1n) is 4.73. The van der Waals surface area contributed by atoms with Crippen LogP contribution in [0.25, 0.3) is 0 Å². The molecular weight excluding hydrogens is 292 g/mol. The van der Waals surface area contributed by atoms with Crippen molar-refractivity contribution in [3.63, 3.8) is 0 Å². The molecule has 1 aromatic carbocycles. The minimum Gasteiger partial charge on any atom is -0.496 e. The topological polar surface area (TPSA) is 83.8 Å². The van der Waals surface area contributed by atoms with E-state index in [2.05, 4.69) is 15.9 Å². The van der Waals surface area contributed by atoms with Gasteiger partial charge in [0.1, 0.15) is 5.75 Å². The predicted octanol–water partition coefficient (Wildman–Crippen LogP) is 1.79. The van der Waals surface area contributed by atoms with Crippen molar-refractivity contribution >= 4 is 27.9 Å². The Kier molecular flexibility index (Phi) is 4.51. The summed E-state index contributed by atoms with van der Waals surface area (Å²) >= 11 is 3.25. The predicted molar refractivity (Wildman–Crippen MR) is 63.2 cm³/mol. The average Bonchev–Trinajstić information content (AvgIpc) is 2.25. The SMILES string of the molecule is COc1ccc(CC(C(=O)O)C(=O)O)cc1Br. The van der Waals surface area contributed by atoms with Crippen LogP contribution in [0.5, 0.6) is 5.75 Å². The van der Waals surface area contributed by atoms with Gasteiger partial charge in [-0.05, 0) is 40.0 Å². The summed E-state index contributed by atoms with van der Waals surface area (Å²) < 4.78 is 5.68. The highest BCUT2D eigenvalue weighted by Crippen LogP contribution is 2.26. The van der Waals surface area contributed by atoms with Crippen LogP contribution in [0, 0.1) is 5.92 Å². The highest BCUT2D eigenvalue weighted by atomic mass is 79.9. The van der Waals surface area contributed by atoms with Gasteiger partial charge in [-0.25, -0.2) is 0 Å². The first kappa shape index (κ1) is 13.5. The monoisotopic (exact) mass is 302 g/mol. The van der Waals surface area contributed by atoms with E-state index in [9.17, 15) is 9.59 Å². The molecule has 1 rings (SSSR count). The van der Waals surface area contributed by atoms with Crippen LogP contribution in [0.2, 0.25) is 0 Å². The molecule has 0 aromatic heterocycles. The van der Waals surface area contributed by atoms with E-state index in [-0.39, 0.29) is 6.42 Å². The number of carboxylic acid groups (broad SMARTS) is 2. The molecule has 92 valence electrons. The third-order valence-electron chi connectivity index (χ3n) is 2.25. The summed E-state index contributed by atoms with van der Waals surface area (Å²) in [4.78, 5) is 21.5. The molecule has 2 N–H and O–H groups in total. The molecule has 0 atom stereocenters. The van der Waals surface area contributed by atoms with Crippen LogP contribution < -0.4 is 4.74 Å². The fourth-order valence-corrected chi connectivity index (χ4v) is 1.94. The molecule has 0 radical (unpaired) electrons. The first-order chi connectivity index (χ1) is 7.95. The van der Waals surface area contributed by atoms with Crippen LogP contribution in [-0.4, -0.2) is 29.3 Å². The van der Waals surface area contributed by atoms with E-state index in [0.29, 0.717) is 15.8 Å². The van der Waals surface area contributed by atoms with E-state index in [1.54, 1.807) is 18.2 Å². The smallest absolute Gasteiger partial charge is 0.318 e. The van der Waals surface area contributed by atoms with Crippen molar-refractivity contribution in [3.05, 3.63) is 28.2 Å². The lowest BCUT2D eigenvalue weighted by atomic mass is 10.00. The van der Waals surface area contributed by atoms with Crippen molar-refractivity contribution in [1.82, 2.24) is 0 Å². The van der Waals surface area contributed by atoms with Gasteiger partial charge in [0.05, 0.1) is 11.6 Å². The van der Waals surface area contributed by atoms with Gasteiger partial charge in [0.2, 0.25) is 0 Å². The van der Waals surface area contributed by atoms with Crippen LogP contribution in [0.1, 0.15) is 5.56 Å². The van der Waals surface area contributed by atoms with Crippen LogP contribution >= 0.6 is 15.9 Å². The fraction of sp³-hybridized carbons (Fsp3) is 0.273. The fourth-order valence-electron chi connectivity index (χ4n) is 1.35. The lowest BCUT2D eigenvalue weighted by Gasteiger charge is -2.09. The molecule has 6 heteroatoms. The molecule has 17 heavy (non-hydrogen) atoms. The quantitative estimate of drug-likeness (QED) is 0.810. The van der Waals surface area contributed by atoms with E-state index >= 15 is 0 Å². The summed E-state index contributed by atoms with van der Waals surface area (Å²) in [5.74, 6) is -3.51. The number of rotatable bonds is 5. The number of carbonyl (C=O) groups is 2. The van der Waals surface area contributed by atoms with Crippen LogP contribution in [0.4, 0.5) is 0 Å². The Morgan fingerprint density at radius 3 is 2.35 bits per heavy atom. The van der Waals surface area contributed by atoms with Crippen molar-refractivity contribution in [2.75, 3.05) is 7.11 Å². The summed E-state index contributed by atoms with van der Waals surface area (Å²) in [6, 6.07) is 4.94. The molecule has 0 unspecified atom stereocenters. The zero-order valence-electron chi connectivity index (χ0n) is 9.01. The second kappa shape index (κ2) is 5.67. The number of ether oxygens (including phenoxy) is 1. The molecule has 1 aromatic rings. The molecule has 0 aliphatic carbocycles. The molecule has 0 amide bonds. The summed E-state index contributed by atoms with van der Waals surface area (Å²) in [5.41, 5.74) is 0.618. The molecule has 0 bridgehead atoms. The maximum atomic E-state index is 10.7. The van der Waals surface area contributed by atoms with Gasteiger partial charge in [0.15, 0.2) is 5.92 Å². The minimum absolute atomic E-state index is 0.0622. The van der Waals surface area contributed by atoms with Gasteiger partial charge in [0, 0.05) is 0 Å². The summed E-state index contributed by atoms with van der Waals surface area (Å²) in [5, 5.41) is 17.5. The van der Waals surface area contributed by atoms with Gasteiger partial charge in [0.25, 0.3) is 0 Å². The number of hydrogen-bond acceptors (Lipinski definition) is 3. The van der Waals surface area contributed by atoms with Gasteiger partial charge >= 0.3 is 11.9 Å². The Balaban J connectivity index is 2.91. The van der Waals surface area contributed by atoms with E-state index in [1.165, 1.54) is 7.11 Å². The normalized spacial score (nSPS) is 10.3. The molecule has 0 saturated carbocycles. The lowest BCUT2D eigenvalue weighted by molar-refractivity contribution is -0.154. The second-order valence-electron chi connectivity index (χ2n) is 3.40. The zero-order chi connectivity index (χ0) is 13.0. The molecular formula is C11H11BrO5. The van der Waals surface area contributed by atoms with Crippen molar-refractivity contribution in [2.45, 2.75) is 6.42 Å². The maximum Gasteiger partial charge on any atom is 0.318 e. The standard InChI is InChI=1S/C11H11BrO5/c1-17-9-3-2-6(5-8(9)12)4-7(10(13)14)11(15)16/h2-3,5,7H,4H2,1H3,(H,13,14)(H,15,16). The maximum absolute atomic E-state index is 10.7. The summed E-state index contributed by atoms with van der Waals surface area (Å²) in [7, 11) is 1.51. The Hall–Kier alpha value is -1.56. The number of hydrogen-bond donors (Lipinski definition) is 2. The summed E-state index contributed by atoms with van der Waals surface area (Å²) in [6.45, 7) is 0. The highest BCUT2D eigenvalue weighted by molar-refractivity contribution is 9.10. The van der Waals surface area contributed by atoms with E-state index in [0.717, 1.165) is 0 Å². The van der Waals surface area contributed by atoms with E-state index in [1.807, 2.05) is 0 Å². The van der Waals surface area contributed by atoms with Crippen LogP contribution in [-0.2, 0) is 16.0 Å². The molecule has 0 heterocycles. The second-order valence-corrected chi connectivity index (χ2v) is 4.26. The zero-order valence-corrected chi connectivity index (χ0v) is 10.6.